The Kier molecular flexibility index (Phi) is 3.82. The lowest BCUT2D eigenvalue weighted by Crippen LogP contribution is -1.93. The SMILES string of the molecule is CCSc1ncnc(Cl)c1CC. The van der Waals surface area contributed by atoms with E-state index in [2.05, 4.69) is 23.8 Å². The summed E-state index contributed by atoms with van der Waals surface area (Å²) in [4.78, 5) is 8.10. The first kappa shape index (κ1) is 9.81. The molecule has 12 heavy (non-hydrogen) atoms. The lowest BCUT2D eigenvalue weighted by atomic mass is 10.3. The van der Waals surface area contributed by atoms with Gasteiger partial charge in [0, 0.05) is 5.56 Å². The van der Waals surface area contributed by atoms with Crippen LogP contribution < -0.4 is 0 Å². The largest absolute Gasteiger partial charge is 0.230 e. The Morgan fingerprint density at radius 1 is 1.42 bits per heavy atom. The predicted molar refractivity (Wildman–Crippen MR) is 52.8 cm³/mol. The second kappa shape index (κ2) is 4.67. The van der Waals surface area contributed by atoms with E-state index >= 15 is 0 Å². The number of nitrogens with zero attached hydrogens (tertiary/aromatic N) is 2. The van der Waals surface area contributed by atoms with Crippen molar-refractivity contribution >= 4 is 23.4 Å². The Morgan fingerprint density at radius 3 is 2.75 bits per heavy atom. The van der Waals surface area contributed by atoms with E-state index in [0.29, 0.717) is 5.15 Å². The third-order valence-electron chi connectivity index (χ3n) is 1.49. The van der Waals surface area contributed by atoms with E-state index in [9.17, 15) is 0 Å². The summed E-state index contributed by atoms with van der Waals surface area (Å²) < 4.78 is 0. The Bertz CT molecular complexity index is 265. The summed E-state index contributed by atoms with van der Waals surface area (Å²) in [7, 11) is 0. The molecule has 1 rings (SSSR count). The predicted octanol–water partition coefficient (Wildman–Crippen LogP) is 2.80. The smallest absolute Gasteiger partial charge is 0.136 e. The summed E-state index contributed by atoms with van der Waals surface area (Å²) in [6.45, 7) is 4.16. The fourth-order valence-electron chi connectivity index (χ4n) is 0.934. The summed E-state index contributed by atoms with van der Waals surface area (Å²) >= 11 is 7.61. The van der Waals surface area contributed by atoms with E-state index in [1.807, 2.05) is 0 Å². The van der Waals surface area contributed by atoms with E-state index in [4.69, 9.17) is 11.6 Å². The fraction of sp³-hybridized carbons (Fsp3) is 0.500. The number of hydrogen-bond donors (Lipinski definition) is 0. The molecule has 0 aromatic carbocycles. The van der Waals surface area contributed by atoms with Crippen LogP contribution in [-0.2, 0) is 6.42 Å². The Labute approximate surface area is 81.8 Å². The van der Waals surface area contributed by atoms with E-state index in [0.717, 1.165) is 22.8 Å². The first-order chi connectivity index (χ1) is 5.79. The Hall–Kier alpha value is -0.280. The van der Waals surface area contributed by atoms with Crippen LogP contribution in [0, 0.1) is 0 Å². The van der Waals surface area contributed by atoms with Crippen LogP contribution in [0.2, 0.25) is 5.15 Å². The van der Waals surface area contributed by atoms with Gasteiger partial charge in [-0.05, 0) is 12.2 Å². The average molecular weight is 203 g/mol. The molecule has 0 bridgehead atoms. The van der Waals surface area contributed by atoms with Gasteiger partial charge in [-0.25, -0.2) is 9.97 Å². The molecule has 0 unspecified atom stereocenters. The summed E-state index contributed by atoms with van der Waals surface area (Å²) in [5, 5.41) is 1.60. The van der Waals surface area contributed by atoms with E-state index in [1.165, 1.54) is 6.33 Å². The zero-order valence-electron chi connectivity index (χ0n) is 7.17. The molecule has 1 aromatic rings. The van der Waals surface area contributed by atoms with Crippen molar-refractivity contribution in [2.45, 2.75) is 25.3 Å². The summed E-state index contributed by atoms with van der Waals surface area (Å²) in [6, 6.07) is 0. The van der Waals surface area contributed by atoms with Crippen molar-refractivity contribution in [2.24, 2.45) is 0 Å². The number of aromatic nitrogens is 2. The number of thioether (sulfide) groups is 1. The van der Waals surface area contributed by atoms with E-state index in [-0.39, 0.29) is 0 Å². The topological polar surface area (TPSA) is 25.8 Å². The van der Waals surface area contributed by atoms with Gasteiger partial charge in [0.25, 0.3) is 0 Å². The van der Waals surface area contributed by atoms with Gasteiger partial charge in [-0.15, -0.1) is 11.8 Å². The second-order valence-electron chi connectivity index (χ2n) is 2.23. The van der Waals surface area contributed by atoms with Gasteiger partial charge >= 0.3 is 0 Å². The molecule has 4 heteroatoms. The van der Waals surface area contributed by atoms with Crippen LogP contribution in [0.3, 0.4) is 0 Å². The summed E-state index contributed by atoms with van der Waals surface area (Å²) in [5.74, 6) is 1.01. The number of rotatable bonds is 3. The van der Waals surface area contributed by atoms with Crippen molar-refractivity contribution in [1.82, 2.24) is 9.97 Å². The van der Waals surface area contributed by atoms with Crippen LogP contribution >= 0.6 is 23.4 Å². The average Bonchev–Trinajstić information content (AvgIpc) is 2.05. The van der Waals surface area contributed by atoms with Crippen molar-refractivity contribution in [1.29, 1.82) is 0 Å². The van der Waals surface area contributed by atoms with Crippen LogP contribution in [0.5, 0.6) is 0 Å². The molecule has 1 heterocycles. The lowest BCUT2D eigenvalue weighted by molar-refractivity contribution is 0.944. The normalized spacial score (nSPS) is 10.2. The third kappa shape index (κ3) is 2.11. The van der Waals surface area contributed by atoms with E-state index in [1.54, 1.807) is 11.8 Å². The molecular weight excluding hydrogens is 192 g/mol. The quantitative estimate of drug-likeness (QED) is 0.557. The van der Waals surface area contributed by atoms with Crippen LogP contribution in [0.4, 0.5) is 0 Å². The maximum Gasteiger partial charge on any atom is 0.136 e. The molecule has 1 aromatic heterocycles. The molecule has 0 saturated heterocycles. The molecular formula is C8H11ClN2S. The molecule has 0 spiro atoms. The molecule has 2 nitrogen and oxygen atoms in total. The molecule has 66 valence electrons. The summed E-state index contributed by atoms with van der Waals surface area (Å²) in [6.07, 6.45) is 2.40. The number of hydrogen-bond acceptors (Lipinski definition) is 3. The van der Waals surface area contributed by atoms with Gasteiger partial charge in [-0.3, -0.25) is 0 Å². The standard InChI is InChI=1S/C8H11ClN2S/c1-3-6-7(9)10-5-11-8(6)12-4-2/h5H,3-4H2,1-2H3. The maximum absolute atomic E-state index is 5.90. The lowest BCUT2D eigenvalue weighted by Gasteiger charge is -2.04. The van der Waals surface area contributed by atoms with Crippen LogP contribution in [-0.4, -0.2) is 15.7 Å². The van der Waals surface area contributed by atoms with Crippen molar-refractivity contribution in [3.05, 3.63) is 17.0 Å². The van der Waals surface area contributed by atoms with Crippen LogP contribution in [0.15, 0.2) is 11.4 Å². The molecule has 0 amide bonds. The Morgan fingerprint density at radius 2 is 2.17 bits per heavy atom. The van der Waals surface area contributed by atoms with Crippen molar-refractivity contribution in [2.75, 3.05) is 5.75 Å². The van der Waals surface area contributed by atoms with Crippen LogP contribution in [0.25, 0.3) is 0 Å². The van der Waals surface area contributed by atoms with Crippen molar-refractivity contribution < 1.29 is 0 Å². The van der Waals surface area contributed by atoms with Gasteiger partial charge in [0.05, 0.1) is 0 Å². The molecule has 0 fully saturated rings. The zero-order valence-corrected chi connectivity index (χ0v) is 8.74. The molecule has 0 atom stereocenters. The maximum atomic E-state index is 5.90. The third-order valence-corrected chi connectivity index (χ3v) is 2.73. The minimum Gasteiger partial charge on any atom is -0.230 e. The molecule has 0 aliphatic heterocycles. The van der Waals surface area contributed by atoms with Gasteiger partial charge < -0.3 is 0 Å². The monoisotopic (exact) mass is 202 g/mol. The van der Waals surface area contributed by atoms with Gasteiger partial charge in [0.15, 0.2) is 0 Å². The highest BCUT2D eigenvalue weighted by atomic mass is 35.5. The van der Waals surface area contributed by atoms with Gasteiger partial charge in [-0.2, -0.15) is 0 Å². The molecule has 0 aliphatic carbocycles. The second-order valence-corrected chi connectivity index (χ2v) is 3.85. The van der Waals surface area contributed by atoms with Crippen molar-refractivity contribution in [3.8, 4) is 0 Å². The first-order valence-electron chi connectivity index (χ1n) is 3.91. The van der Waals surface area contributed by atoms with Crippen LogP contribution in [0.1, 0.15) is 19.4 Å². The van der Waals surface area contributed by atoms with Gasteiger partial charge in [0.2, 0.25) is 0 Å². The van der Waals surface area contributed by atoms with Gasteiger partial charge in [0.1, 0.15) is 16.5 Å². The highest BCUT2D eigenvalue weighted by molar-refractivity contribution is 7.99. The molecule has 0 radical (unpaired) electrons. The number of halogens is 1. The van der Waals surface area contributed by atoms with Gasteiger partial charge in [-0.1, -0.05) is 25.4 Å². The fourth-order valence-corrected chi connectivity index (χ4v) is 2.07. The Balaban J connectivity index is 3.00. The highest BCUT2D eigenvalue weighted by Crippen LogP contribution is 2.24. The molecule has 0 N–H and O–H groups in total. The summed E-state index contributed by atoms with van der Waals surface area (Å²) in [5.41, 5.74) is 1.06. The highest BCUT2D eigenvalue weighted by Gasteiger charge is 2.06. The molecule has 0 aliphatic rings. The minimum atomic E-state index is 0.587. The van der Waals surface area contributed by atoms with E-state index < -0.39 is 0 Å². The first-order valence-corrected chi connectivity index (χ1v) is 5.28. The zero-order chi connectivity index (χ0) is 8.97. The molecule has 0 saturated carbocycles. The van der Waals surface area contributed by atoms with Crippen molar-refractivity contribution in [3.63, 3.8) is 0 Å². The minimum absolute atomic E-state index is 0.587.